The van der Waals surface area contributed by atoms with Gasteiger partial charge in [-0.15, -0.1) is 0 Å². The molecule has 0 bridgehead atoms. The lowest BCUT2D eigenvalue weighted by molar-refractivity contribution is -0.131. The summed E-state index contributed by atoms with van der Waals surface area (Å²) in [4.78, 5) is 25.0. The molecule has 21 heavy (non-hydrogen) atoms. The summed E-state index contributed by atoms with van der Waals surface area (Å²) in [6.07, 6.45) is 2.15. The number of nitrogens with zero attached hydrogens (tertiary/aromatic N) is 1. The summed E-state index contributed by atoms with van der Waals surface area (Å²) in [5, 5.41) is 8.80. The predicted octanol–water partition coefficient (Wildman–Crippen LogP) is 3.40. The normalized spacial score (nSPS) is 15.2. The molecule has 116 valence electrons. The number of carboxylic acids is 1. The molecule has 0 aliphatic carbocycles. The number of hydrogen-bond acceptors (Lipinski definition) is 4. The predicted molar refractivity (Wildman–Crippen MR) is 84.0 cm³/mol. The van der Waals surface area contributed by atoms with Gasteiger partial charge in [-0.05, 0) is 32.8 Å². The lowest BCUT2D eigenvalue weighted by Crippen LogP contribution is -2.39. The first kappa shape index (κ1) is 17.4. The van der Waals surface area contributed by atoms with Crippen LogP contribution in [0.1, 0.15) is 27.2 Å². The van der Waals surface area contributed by atoms with Crippen LogP contribution in [-0.4, -0.2) is 40.8 Å². The summed E-state index contributed by atoms with van der Waals surface area (Å²) in [6, 6.07) is 0. The third-order valence-electron chi connectivity index (χ3n) is 2.70. The van der Waals surface area contributed by atoms with E-state index in [-0.39, 0.29) is 11.0 Å². The number of ether oxygens (including phenoxy) is 1. The number of rotatable bonds is 4. The second-order valence-corrected chi connectivity index (χ2v) is 6.85. The minimum Gasteiger partial charge on any atom is -0.477 e. The van der Waals surface area contributed by atoms with Crippen molar-refractivity contribution in [1.82, 2.24) is 4.90 Å². The number of carbonyl (C=O) groups excluding carboxylic acids is 1. The van der Waals surface area contributed by atoms with Crippen LogP contribution < -0.4 is 0 Å². The lowest BCUT2D eigenvalue weighted by Gasteiger charge is -2.29. The summed E-state index contributed by atoms with van der Waals surface area (Å²) in [6.45, 7) is 13.8. The van der Waals surface area contributed by atoms with E-state index in [0.29, 0.717) is 24.4 Å². The molecule has 1 aliphatic heterocycles. The van der Waals surface area contributed by atoms with Crippen LogP contribution >= 0.6 is 11.8 Å². The molecule has 0 fully saturated rings. The number of carbonyl (C=O) groups is 2. The van der Waals surface area contributed by atoms with Crippen molar-refractivity contribution in [3.05, 3.63) is 34.6 Å². The molecule has 0 unspecified atom stereocenters. The highest BCUT2D eigenvalue weighted by molar-refractivity contribution is 8.07. The van der Waals surface area contributed by atoms with Crippen LogP contribution in [0.15, 0.2) is 34.6 Å². The average molecular weight is 311 g/mol. The van der Waals surface area contributed by atoms with Crippen molar-refractivity contribution < 1.29 is 19.4 Å². The first-order chi connectivity index (χ1) is 9.60. The standard InChI is InChI=1S/C15H21NO4S/c1-10(21-11(2)13(17)18)12-6-8-16(9-7-12)14(19)20-15(3,4)5/h6H,1-2,7-9H2,3-5H3,(H,17,18). The maximum atomic E-state index is 11.9. The minimum atomic E-state index is -1.05. The fraction of sp³-hybridized carbons (Fsp3) is 0.467. The van der Waals surface area contributed by atoms with Gasteiger partial charge in [-0.2, -0.15) is 0 Å². The molecule has 0 spiro atoms. The number of carboxylic acid groups (broad SMARTS) is 1. The molecule has 1 rings (SSSR count). The van der Waals surface area contributed by atoms with Crippen LogP contribution in [0.4, 0.5) is 4.79 Å². The summed E-state index contributed by atoms with van der Waals surface area (Å²) in [5.41, 5.74) is 0.432. The van der Waals surface area contributed by atoms with E-state index in [2.05, 4.69) is 13.2 Å². The number of aliphatic carboxylic acids is 1. The summed E-state index contributed by atoms with van der Waals surface area (Å²) in [5.74, 6) is -1.05. The van der Waals surface area contributed by atoms with E-state index in [0.717, 1.165) is 17.3 Å². The smallest absolute Gasteiger partial charge is 0.410 e. The van der Waals surface area contributed by atoms with Gasteiger partial charge in [0.1, 0.15) is 5.60 Å². The maximum absolute atomic E-state index is 11.9. The van der Waals surface area contributed by atoms with Gasteiger partial charge in [-0.1, -0.05) is 31.0 Å². The van der Waals surface area contributed by atoms with Gasteiger partial charge in [-0.3, -0.25) is 0 Å². The van der Waals surface area contributed by atoms with E-state index >= 15 is 0 Å². The van der Waals surface area contributed by atoms with E-state index in [1.165, 1.54) is 0 Å². The Kier molecular flexibility index (Phi) is 5.66. The number of amides is 1. The molecule has 0 aromatic carbocycles. The van der Waals surface area contributed by atoms with E-state index in [1.807, 2.05) is 26.8 Å². The number of hydrogen-bond donors (Lipinski definition) is 1. The van der Waals surface area contributed by atoms with Crippen LogP contribution in [-0.2, 0) is 9.53 Å². The third-order valence-corrected chi connectivity index (χ3v) is 3.63. The van der Waals surface area contributed by atoms with Crippen molar-refractivity contribution in [2.75, 3.05) is 13.1 Å². The Balaban J connectivity index is 2.58. The van der Waals surface area contributed by atoms with Crippen LogP contribution in [0.25, 0.3) is 0 Å². The monoisotopic (exact) mass is 311 g/mol. The fourth-order valence-electron chi connectivity index (χ4n) is 1.67. The average Bonchev–Trinajstić information content (AvgIpc) is 2.36. The van der Waals surface area contributed by atoms with Gasteiger partial charge in [0.2, 0.25) is 0 Å². The number of thioether (sulfide) groups is 1. The Hall–Kier alpha value is -1.69. The van der Waals surface area contributed by atoms with Gasteiger partial charge in [0.25, 0.3) is 0 Å². The van der Waals surface area contributed by atoms with Crippen molar-refractivity contribution in [3.63, 3.8) is 0 Å². The zero-order valence-corrected chi connectivity index (χ0v) is 13.5. The number of allylic oxidation sites excluding steroid dienone is 1. The molecule has 0 saturated carbocycles. The van der Waals surface area contributed by atoms with E-state index in [1.54, 1.807) is 4.90 Å². The molecule has 5 nitrogen and oxygen atoms in total. The van der Waals surface area contributed by atoms with Crippen molar-refractivity contribution in [3.8, 4) is 0 Å². The third kappa shape index (κ3) is 5.67. The quantitative estimate of drug-likeness (QED) is 0.806. The van der Waals surface area contributed by atoms with Crippen LogP contribution in [0.5, 0.6) is 0 Å². The Morgan fingerprint density at radius 2 is 2.00 bits per heavy atom. The van der Waals surface area contributed by atoms with Gasteiger partial charge >= 0.3 is 12.1 Å². The highest BCUT2D eigenvalue weighted by atomic mass is 32.2. The topological polar surface area (TPSA) is 66.8 Å². The van der Waals surface area contributed by atoms with Gasteiger partial charge in [0, 0.05) is 18.0 Å². The van der Waals surface area contributed by atoms with Crippen molar-refractivity contribution in [1.29, 1.82) is 0 Å². The van der Waals surface area contributed by atoms with Gasteiger partial charge in [-0.25, -0.2) is 9.59 Å². The van der Waals surface area contributed by atoms with Crippen molar-refractivity contribution in [2.24, 2.45) is 0 Å². The Bertz CT molecular complexity index is 502. The summed E-state index contributed by atoms with van der Waals surface area (Å²) >= 11 is 1.04. The molecule has 1 amide bonds. The lowest BCUT2D eigenvalue weighted by atomic mass is 10.1. The zero-order valence-electron chi connectivity index (χ0n) is 12.6. The second-order valence-electron chi connectivity index (χ2n) is 5.66. The Morgan fingerprint density at radius 1 is 1.38 bits per heavy atom. The minimum absolute atomic E-state index is 0.0375. The fourth-order valence-corrected chi connectivity index (χ4v) is 2.37. The van der Waals surface area contributed by atoms with E-state index in [9.17, 15) is 9.59 Å². The van der Waals surface area contributed by atoms with Gasteiger partial charge in [0.05, 0.1) is 4.91 Å². The van der Waals surface area contributed by atoms with Gasteiger partial charge < -0.3 is 14.7 Å². The molecule has 1 N–H and O–H groups in total. The molecule has 0 radical (unpaired) electrons. The largest absolute Gasteiger partial charge is 0.477 e. The molecule has 1 aliphatic rings. The molecule has 6 heteroatoms. The highest BCUT2D eigenvalue weighted by Crippen LogP contribution is 2.31. The first-order valence-electron chi connectivity index (χ1n) is 6.56. The molecular formula is C15H21NO4S. The maximum Gasteiger partial charge on any atom is 0.410 e. The van der Waals surface area contributed by atoms with Crippen molar-refractivity contribution in [2.45, 2.75) is 32.8 Å². The van der Waals surface area contributed by atoms with Crippen LogP contribution in [0.2, 0.25) is 0 Å². The first-order valence-corrected chi connectivity index (χ1v) is 7.38. The molecular weight excluding hydrogens is 290 g/mol. The van der Waals surface area contributed by atoms with E-state index < -0.39 is 11.6 Å². The molecule has 0 atom stereocenters. The summed E-state index contributed by atoms with van der Waals surface area (Å²) in [7, 11) is 0. The van der Waals surface area contributed by atoms with Gasteiger partial charge in [0.15, 0.2) is 0 Å². The summed E-state index contributed by atoms with van der Waals surface area (Å²) < 4.78 is 5.31. The molecule has 0 aromatic heterocycles. The van der Waals surface area contributed by atoms with Crippen LogP contribution in [0, 0.1) is 0 Å². The van der Waals surface area contributed by atoms with E-state index in [4.69, 9.17) is 9.84 Å². The molecule has 0 saturated heterocycles. The molecule has 1 heterocycles. The SMILES string of the molecule is C=C(SC(=C)C1=CCN(C(=O)OC(C)(C)C)CC1)C(=O)O. The second kappa shape index (κ2) is 6.85. The van der Waals surface area contributed by atoms with Crippen molar-refractivity contribution >= 4 is 23.8 Å². The Morgan fingerprint density at radius 3 is 2.43 bits per heavy atom. The highest BCUT2D eigenvalue weighted by Gasteiger charge is 2.24. The zero-order chi connectivity index (χ0) is 16.2. The molecule has 0 aromatic rings. The Labute approximate surface area is 129 Å². The van der Waals surface area contributed by atoms with Crippen LogP contribution in [0.3, 0.4) is 0 Å².